The van der Waals surface area contributed by atoms with Crippen LogP contribution in [0.1, 0.15) is 40.1 Å². The van der Waals surface area contributed by atoms with Gasteiger partial charge in [0.05, 0.1) is 4.70 Å². The van der Waals surface area contributed by atoms with Gasteiger partial charge in [0, 0.05) is 30.6 Å². The topological polar surface area (TPSA) is 93.8 Å². The molecular weight excluding hydrogens is 441 g/mol. The number of nitrogens with zero attached hydrogens (tertiary/aromatic N) is 2. The molecule has 3 N–H and O–H groups in total. The lowest BCUT2D eigenvalue weighted by Gasteiger charge is -2.32. The molecule has 3 aromatic rings. The van der Waals surface area contributed by atoms with Crippen molar-refractivity contribution in [2.24, 2.45) is 5.92 Å². The molecule has 0 bridgehead atoms. The number of carbonyl (C=O) groups is 2. The zero-order valence-electron chi connectivity index (χ0n) is 16.8. The fourth-order valence-electron chi connectivity index (χ4n) is 3.72. The van der Waals surface area contributed by atoms with Crippen LogP contribution in [0.4, 0.5) is 4.39 Å². The molecule has 1 aliphatic rings. The molecule has 9 heteroatoms. The molecule has 0 spiro atoms. The van der Waals surface area contributed by atoms with E-state index in [1.165, 1.54) is 35.8 Å². The van der Waals surface area contributed by atoms with Crippen LogP contribution in [0.15, 0.2) is 48.5 Å². The summed E-state index contributed by atoms with van der Waals surface area (Å²) in [5, 5.41) is 3.87. The van der Waals surface area contributed by atoms with E-state index in [1.54, 1.807) is 0 Å². The number of halogens is 2. The molecule has 0 unspecified atom stereocenters. The van der Waals surface area contributed by atoms with E-state index in [-0.39, 0.29) is 35.5 Å². The number of hydrogen-bond donors (Lipinski definition) is 1. The van der Waals surface area contributed by atoms with Crippen molar-refractivity contribution in [2.45, 2.75) is 19.3 Å². The lowest BCUT2D eigenvalue weighted by molar-refractivity contribution is 0.0687. The Balaban J connectivity index is 0.00000171. The number of fused-ring (bicyclic) bond motifs is 1. The number of amides is 2. The highest BCUT2D eigenvalue weighted by Gasteiger charge is 2.24. The van der Waals surface area contributed by atoms with Gasteiger partial charge in [0.25, 0.3) is 11.8 Å². The van der Waals surface area contributed by atoms with Gasteiger partial charge in [-0.2, -0.15) is 4.37 Å². The van der Waals surface area contributed by atoms with E-state index in [4.69, 9.17) is 0 Å². The number of likely N-dealkylation sites (tertiary alicyclic amines) is 1. The first-order chi connectivity index (χ1) is 14.1. The summed E-state index contributed by atoms with van der Waals surface area (Å²) >= 11 is 1.34. The number of nitrogens with one attached hydrogen (secondary N) is 1. The minimum Gasteiger partial charge on any atom is -0.412 e. The molecule has 2 heterocycles. The first kappa shape index (κ1) is 24.7. The average molecular weight is 466 g/mol. The first-order valence-corrected chi connectivity index (χ1v) is 10.6. The molecule has 166 valence electrons. The average Bonchev–Trinajstić information content (AvgIpc) is 3.18. The van der Waals surface area contributed by atoms with Crippen LogP contribution in [0.5, 0.6) is 0 Å². The van der Waals surface area contributed by atoms with Gasteiger partial charge < -0.3 is 15.7 Å². The molecule has 0 aliphatic carbocycles. The largest absolute Gasteiger partial charge is 0.412 e. The monoisotopic (exact) mass is 465 g/mol. The highest BCUT2D eigenvalue weighted by atomic mass is 35.5. The van der Waals surface area contributed by atoms with Crippen molar-refractivity contribution in [1.29, 1.82) is 0 Å². The second-order valence-electron chi connectivity index (χ2n) is 7.31. The maximum absolute atomic E-state index is 13.0. The molecule has 0 atom stereocenters. The quantitative estimate of drug-likeness (QED) is 0.622. The van der Waals surface area contributed by atoms with Gasteiger partial charge in [0.1, 0.15) is 11.5 Å². The van der Waals surface area contributed by atoms with Crippen molar-refractivity contribution >= 4 is 45.8 Å². The summed E-state index contributed by atoms with van der Waals surface area (Å²) in [6, 6.07) is 13.4. The Morgan fingerprint density at radius 3 is 2.48 bits per heavy atom. The third kappa shape index (κ3) is 5.78. The number of hydrogen-bond acceptors (Lipinski definition) is 4. The summed E-state index contributed by atoms with van der Waals surface area (Å²) in [6.45, 7) is 1.97. The van der Waals surface area contributed by atoms with Crippen LogP contribution in [0.2, 0.25) is 0 Å². The van der Waals surface area contributed by atoms with Gasteiger partial charge in [-0.1, -0.05) is 18.2 Å². The third-order valence-electron chi connectivity index (χ3n) is 5.42. The van der Waals surface area contributed by atoms with E-state index in [9.17, 15) is 14.0 Å². The van der Waals surface area contributed by atoms with Crippen LogP contribution in [-0.4, -0.2) is 46.2 Å². The maximum atomic E-state index is 13.0. The number of aromatic nitrogens is 1. The zero-order valence-corrected chi connectivity index (χ0v) is 18.5. The summed E-state index contributed by atoms with van der Waals surface area (Å²) in [6.07, 6.45) is 2.69. The molecule has 2 aromatic carbocycles. The van der Waals surface area contributed by atoms with Crippen LogP contribution in [0.25, 0.3) is 10.1 Å². The molecule has 0 radical (unpaired) electrons. The second kappa shape index (κ2) is 11.2. The van der Waals surface area contributed by atoms with Gasteiger partial charge in [-0.05, 0) is 67.0 Å². The van der Waals surface area contributed by atoms with Crippen molar-refractivity contribution < 1.29 is 19.5 Å². The number of benzene rings is 2. The fourth-order valence-corrected chi connectivity index (χ4v) is 4.50. The van der Waals surface area contributed by atoms with Crippen LogP contribution < -0.4 is 5.32 Å². The Bertz CT molecular complexity index is 1020. The van der Waals surface area contributed by atoms with Crippen molar-refractivity contribution in [3.05, 3.63) is 65.6 Å². The van der Waals surface area contributed by atoms with Crippen LogP contribution in [0.3, 0.4) is 0 Å². The molecule has 0 saturated carbocycles. The number of rotatable bonds is 5. The molecule has 6 nitrogen and oxygen atoms in total. The minimum atomic E-state index is -0.340. The molecule has 1 aromatic heterocycles. The van der Waals surface area contributed by atoms with Crippen molar-refractivity contribution in [3.63, 3.8) is 0 Å². The van der Waals surface area contributed by atoms with Gasteiger partial charge >= 0.3 is 0 Å². The van der Waals surface area contributed by atoms with E-state index in [0.29, 0.717) is 36.8 Å². The Kier molecular flexibility index (Phi) is 8.91. The van der Waals surface area contributed by atoms with E-state index >= 15 is 0 Å². The predicted molar refractivity (Wildman–Crippen MR) is 122 cm³/mol. The second-order valence-corrected chi connectivity index (χ2v) is 8.12. The third-order valence-corrected chi connectivity index (χ3v) is 6.25. The van der Waals surface area contributed by atoms with Gasteiger partial charge in [-0.3, -0.25) is 9.59 Å². The van der Waals surface area contributed by atoms with Gasteiger partial charge in [-0.15, -0.1) is 12.4 Å². The minimum absolute atomic E-state index is 0. The van der Waals surface area contributed by atoms with Crippen LogP contribution >= 0.6 is 23.9 Å². The molecule has 4 rings (SSSR count). The molecule has 1 aliphatic heterocycles. The van der Waals surface area contributed by atoms with Crippen LogP contribution in [-0.2, 0) is 0 Å². The van der Waals surface area contributed by atoms with Gasteiger partial charge in [-0.25, -0.2) is 4.39 Å². The predicted octanol–water partition coefficient (Wildman–Crippen LogP) is 3.70. The van der Waals surface area contributed by atoms with Crippen molar-refractivity contribution in [3.8, 4) is 0 Å². The zero-order chi connectivity index (χ0) is 20.2. The summed E-state index contributed by atoms with van der Waals surface area (Å²) in [5.74, 6) is -0.0498. The molecule has 1 saturated heterocycles. The van der Waals surface area contributed by atoms with Crippen molar-refractivity contribution in [1.82, 2.24) is 14.6 Å². The Hall–Kier alpha value is -2.55. The Labute approximate surface area is 190 Å². The molecule has 2 amide bonds. The molecule has 31 heavy (non-hydrogen) atoms. The SMILES string of the molecule is Cl.O.O=C(NCCC1CCN(C(=O)c2ccc(F)cc2)CC1)c1nsc2ccccc12. The highest BCUT2D eigenvalue weighted by Crippen LogP contribution is 2.23. The normalized spacial score (nSPS) is 13.9. The van der Waals surface area contributed by atoms with Gasteiger partial charge in [0.15, 0.2) is 0 Å². The standard InChI is InChI=1S/C22H22FN3O2S.ClH.H2O/c23-17-7-5-16(6-8-17)22(28)26-13-10-15(11-14-26)9-12-24-21(27)20-18-3-1-2-4-19(18)29-25-20;;/h1-8,15H,9-14H2,(H,24,27);1H;1H2. The summed E-state index contributed by atoms with van der Waals surface area (Å²) in [7, 11) is 0. The summed E-state index contributed by atoms with van der Waals surface area (Å²) in [4.78, 5) is 26.8. The Morgan fingerprint density at radius 1 is 1.10 bits per heavy atom. The van der Waals surface area contributed by atoms with E-state index in [2.05, 4.69) is 9.69 Å². The maximum Gasteiger partial charge on any atom is 0.271 e. The Morgan fingerprint density at radius 2 is 1.77 bits per heavy atom. The smallest absolute Gasteiger partial charge is 0.271 e. The lowest BCUT2D eigenvalue weighted by atomic mass is 9.93. The number of piperidine rings is 1. The highest BCUT2D eigenvalue weighted by molar-refractivity contribution is 7.13. The van der Waals surface area contributed by atoms with E-state index < -0.39 is 0 Å². The molecule has 1 fully saturated rings. The van der Waals surface area contributed by atoms with Gasteiger partial charge in [0.2, 0.25) is 0 Å². The number of carbonyl (C=O) groups excluding carboxylic acids is 2. The fraction of sp³-hybridized carbons (Fsp3) is 0.318. The van der Waals surface area contributed by atoms with E-state index in [0.717, 1.165) is 29.3 Å². The lowest BCUT2D eigenvalue weighted by Crippen LogP contribution is -2.39. The summed E-state index contributed by atoms with van der Waals surface area (Å²) in [5.41, 5.74) is 1.01. The van der Waals surface area contributed by atoms with Crippen molar-refractivity contribution in [2.75, 3.05) is 19.6 Å². The van der Waals surface area contributed by atoms with Crippen LogP contribution in [0, 0.1) is 11.7 Å². The van der Waals surface area contributed by atoms with E-state index in [1.807, 2.05) is 29.2 Å². The molecular formula is C22H25ClFN3O3S. The first-order valence-electron chi connectivity index (χ1n) is 9.79. The summed E-state index contributed by atoms with van der Waals surface area (Å²) < 4.78 is 18.3.